The average molecular weight is 399 g/mol. The van der Waals surface area contributed by atoms with Crippen LogP contribution in [0.15, 0.2) is 57.5 Å². The van der Waals surface area contributed by atoms with Crippen LogP contribution in [0.25, 0.3) is 0 Å². The summed E-state index contributed by atoms with van der Waals surface area (Å²) in [5.74, 6) is 0.935. The highest BCUT2D eigenvalue weighted by Gasteiger charge is 1.98. The van der Waals surface area contributed by atoms with Gasteiger partial charge < -0.3 is 10.1 Å². The fraction of sp³-hybridized carbons (Fsp3) is 0.250. The summed E-state index contributed by atoms with van der Waals surface area (Å²) in [4.78, 5) is 0. The molecule has 0 radical (unpaired) electrons. The summed E-state index contributed by atoms with van der Waals surface area (Å²) in [6, 6.07) is 16.2. The number of hydrogen-bond acceptors (Lipinski definition) is 2. The van der Waals surface area contributed by atoms with Crippen molar-refractivity contribution in [3.8, 4) is 5.75 Å². The molecule has 20 heavy (non-hydrogen) atoms. The summed E-state index contributed by atoms with van der Waals surface area (Å²) in [5, 5.41) is 3.42. The molecule has 0 unspecified atom stereocenters. The molecule has 0 bridgehead atoms. The first kappa shape index (κ1) is 15.5. The summed E-state index contributed by atoms with van der Waals surface area (Å²) in [7, 11) is 0. The number of benzene rings is 2. The van der Waals surface area contributed by atoms with Crippen LogP contribution in [0.1, 0.15) is 12.0 Å². The molecule has 0 saturated carbocycles. The number of halogens is 2. The van der Waals surface area contributed by atoms with Gasteiger partial charge in [0.25, 0.3) is 0 Å². The Morgan fingerprint density at radius 3 is 2.50 bits per heavy atom. The van der Waals surface area contributed by atoms with Gasteiger partial charge in [-0.1, -0.05) is 24.3 Å². The van der Waals surface area contributed by atoms with Crippen LogP contribution < -0.4 is 10.1 Å². The fourth-order valence-electron chi connectivity index (χ4n) is 1.79. The van der Waals surface area contributed by atoms with E-state index < -0.39 is 0 Å². The van der Waals surface area contributed by atoms with Crippen molar-refractivity contribution in [1.29, 1.82) is 0 Å². The van der Waals surface area contributed by atoms with Gasteiger partial charge in [0.15, 0.2) is 0 Å². The molecule has 2 aromatic rings. The van der Waals surface area contributed by atoms with Gasteiger partial charge in [-0.05, 0) is 74.7 Å². The maximum atomic E-state index is 5.64. The first-order valence-electron chi connectivity index (χ1n) is 6.58. The van der Waals surface area contributed by atoms with E-state index in [2.05, 4.69) is 55.4 Å². The molecule has 0 aliphatic rings. The first-order valence-corrected chi connectivity index (χ1v) is 8.17. The van der Waals surface area contributed by atoms with E-state index in [9.17, 15) is 0 Å². The second-order valence-corrected chi connectivity index (χ2v) is 6.15. The van der Waals surface area contributed by atoms with E-state index in [4.69, 9.17) is 4.74 Å². The molecule has 106 valence electrons. The molecule has 0 aliphatic carbocycles. The third kappa shape index (κ3) is 5.27. The first-order chi connectivity index (χ1) is 9.75. The number of para-hydroxylation sites is 1. The van der Waals surface area contributed by atoms with Crippen LogP contribution >= 0.6 is 31.9 Å². The Bertz CT molecular complexity index is 531. The van der Waals surface area contributed by atoms with Crippen molar-refractivity contribution in [2.45, 2.75) is 13.0 Å². The Balaban J connectivity index is 1.61. The summed E-state index contributed by atoms with van der Waals surface area (Å²) >= 11 is 6.98. The molecular weight excluding hydrogens is 382 g/mol. The van der Waals surface area contributed by atoms with E-state index in [1.807, 2.05) is 30.3 Å². The van der Waals surface area contributed by atoms with E-state index in [1.165, 1.54) is 5.56 Å². The van der Waals surface area contributed by atoms with Gasteiger partial charge >= 0.3 is 0 Å². The normalized spacial score (nSPS) is 10.5. The molecule has 1 N–H and O–H groups in total. The molecule has 4 heteroatoms. The van der Waals surface area contributed by atoms with Crippen molar-refractivity contribution in [3.63, 3.8) is 0 Å². The van der Waals surface area contributed by atoms with Crippen LogP contribution in [-0.4, -0.2) is 13.2 Å². The number of hydrogen-bond donors (Lipinski definition) is 1. The minimum atomic E-state index is 0.737. The third-order valence-electron chi connectivity index (χ3n) is 2.82. The molecule has 0 heterocycles. The standard InChI is InChI=1S/C16H17Br2NO/c17-15-8-7-13(11-16(15)18)12-19-9-4-10-20-14-5-2-1-3-6-14/h1-3,5-8,11,19H,4,9-10,12H2. The SMILES string of the molecule is Brc1ccc(CNCCCOc2ccccc2)cc1Br. The van der Waals surface area contributed by atoms with Gasteiger partial charge in [-0.25, -0.2) is 0 Å². The molecule has 0 saturated heterocycles. The Labute approximate surface area is 136 Å². The maximum Gasteiger partial charge on any atom is 0.119 e. The van der Waals surface area contributed by atoms with Crippen molar-refractivity contribution in [1.82, 2.24) is 5.32 Å². The largest absolute Gasteiger partial charge is 0.494 e. The zero-order chi connectivity index (χ0) is 14.2. The highest BCUT2D eigenvalue weighted by Crippen LogP contribution is 2.23. The van der Waals surface area contributed by atoms with Gasteiger partial charge in [0.2, 0.25) is 0 Å². The van der Waals surface area contributed by atoms with E-state index in [0.29, 0.717) is 0 Å². The monoisotopic (exact) mass is 397 g/mol. The molecular formula is C16H17Br2NO. The second-order valence-electron chi connectivity index (χ2n) is 4.44. The molecule has 0 spiro atoms. The molecule has 2 rings (SSSR count). The van der Waals surface area contributed by atoms with Crippen molar-refractivity contribution < 1.29 is 4.74 Å². The maximum absolute atomic E-state index is 5.64. The van der Waals surface area contributed by atoms with Crippen LogP contribution in [0.2, 0.25) is 0 Å². The number of ether oxygens (including phenoxy) is 1. The van der Waals surface area contributed by atoms with Gasteiger partial charge in [0.1, 0.15) is 5.75 Å². The van der Waals surface area contributed by atoms with Crippen molar-refractivity contribution >= 4 is 31.9 Å². The van der Waals surface area contributed by atoms with Crippen LogP contribution in [0.4, 0.5) is 0 Å². The Morgan fingerprint density at radius 2 is 1.75 bits per heavy atom. The Hall–Kier alpha value is -0.840. The van der Waals surface area contributed by atoms with Gasteiger partial charge in [0, 0.05) is 15.5 Å². The summed E-state index contributed by atoms with van der Waals surface area (Å²) in [6.07, 6.45) is 0.993. The molecule has 0 aliphatic heterocycles. The lowest BCUT2D eigenvalue weighted by Crippen LogP contribution is -2.17. The molecule has 0 atom stereocenters. The summed E-state index contributed by atoms with van der Waals surface area (Å²) in [5.41, 5.74) is 1.27. The Morgan fingerprint density at radius 1 is 0.950 bits per heavy atom. The number of rotatable bonds is 7. The molecule has 2 aromatic carbocycles. The second kappa shape index (κ2) is 8.45. The smallest absolute Gasteiger partial charge is 0.119 e. The lowest BCUT2D eigenvalue weighted by molar-refractivity contribution is 0.308. The predicted molar refractivity (Wildman–Crippen MR) is 90.1 cm³/mol. The van der Waals surface area contributed by atoms with Gasteiger partial charge in [-0.3, -0.25) is 0 Å². The predicted octanol–water partition coefficient (Wildman–Crippen LogP) is 4.77. The van der Waals surface area contributed by atoms with E-state index in [1.54, 1.807) is 0 Å². The van der Waals surface area contributed by atoms with Crippen LogP contribution in [0.3, 0.4) is 0 Å². The minimum absolute atomic E-state index is 0.737. The van der Waals surface area contributed by atoms with E-state index >= 15 is 0 Å². The minimum Gasteiger partial charge on any atom is -0.494 e. The van der Waals surface area contributed by atoms with Crippen molar-refractivity contribution in [3.05, 3.63) is 63.0 Å². The highest BCUT2D eigenvalue weighted by molar-refractivity contribution is 9.13. The average Bonchev–Trinajstić information content (AvgIpc) is 2.47. The van der Waals surface area contributed by atoms with Crippen molar-refractivity contribution in [2.75, 3.05) is 13.2 Å². The van der Waals surface area contributed by atoms with E-state index in [0.717, 1.165) is 40.8 Å². The summed E-state index contributed by atoms with van der Waals surface area (Å²) in [6.45, 7) is 2.55. The van der Waals surface area contributed by atoms with Gasteiger partial charge in [-0.15, -0.1) is 0 Å². The van der Waals surface area contributed by atoms with Crippen LogP contribution in [0.5, 0.6) is 5.75 Å². The fourth-order valence-corrected chi connectivity index (χ4v) is 2.46. The molecule has 0 amide bonds. The highest BCUT2D eigenvalue weighted by atomic mass is 79.9. The Kier molecular flexibility index (Phi) is 6.57. The quantitative estimate of drug-likeness (QED) is 0.678. The molecule has 2 nitrogen and oxygen atoms in total. The van der Waals surface area contributed by atoms with Gasteiger partial charge in [-0.2, -0.15) is 0 Å². The zero-order valence-electron chi connectivity index (χ0n) is 11.1. The lowest BCUT2D eigenvalue weighted by Gasteiger charge is -2.08. The zero-order valence-corrected chi connectivity index (χ0v) is 14.3. The van der Waals surface area contributed by atoms with E-state index in [-0.39, 0.29) is 0 Å². The number of nitrogens with one attached hydrogen (secondary N) is 1. The summed E-state index contributed by atoms with van der Waals surface area (Å²) < 4.78 is 7.81. The van der Waals surface area contributed by atoms with Crippen LogP contribution in [0, 0.1) is 0 Å². The molecule has 0 aromatic heterocycles. The lowest BCUT2D eigenvalue weighted by atomic mass is 10.2. The van der Waals surface area contributed by atoms with Crippen LogP contribution in [-0.2, 0) is 6.54 Å². The van der Waals surface area contributed by atoms with Gasteiger partial charge in [0.05, 0.1) is 6.61 Å². The van der Waals surface area contributed by atoms with Crippen molar-refractivity contribution in [2.24, 2.45) is 0 Å². The molecule has 0 fully saturated rings. The topological polar surface area (TPSA) is 21.3 Å². The third-order valence-corrected chi connectivity index (χ3v) is 4.70.